The number of hydrogen-bond donors (Lipinski definition) is 0. The van der Waals surface area contributed by atoms with Crippen molar-refractivity contribution < 1.29 is 9.53 Å². The van der Waals surface area contributed by atoms with E-state index in [1.165, 1.54) is 16.8 Å². The summed E-state index contributed by atoms with van der Waals surface area (Å²) < 4.78 is 7.68. The molecule has 41 heavy (non-hydrogen) atoms. The third-order valence-electron chi connectivity index (χ3n) is 8.84. The molecule has 2 aliphatic rings. The Hall–Kier alpha value is -3.84. The largest absolute Gasteiger partial charge is 0.497 e. The first-order valence-corrected chi connectivity index (χ1v) is 15.0. The zero-order chi connectivity index (χ0) is 28.2. The summed E-state index contributed by atoms with van der Waals surface area (Å²) in [5, 5.41) is 0. The van der Waals surface area contributed by atoms with E-state index in [-0.39, 0.29) is 5.92 Å². The molecule has 0 bridgehead atoms. The zero-order valence-electron chi connectivity index (χ0n) is 24.3. The fourth-order valence-corrected chi connectivity index (χ4v) is 6.26. The predicted molar refractivity (Wildman–Crippen MR) is 164 cm³/mol. The molecule has 0 atom stereocenters. The summed E-state index contributed by atoms with van der Waals surface area (Å²) in [4.78, 5) is 25.4. The number of piperidine rings is 1. The maximum Gasteiger partial charge on any atom is 0.225 e. The van der Waals surface area contributed by atoms with Gasteiger partial charge in [-0.25, -0.2) is 4.98 Å². The first-order valence-electron chi connectivity index (χ1n) is 15.0. The number of nitrogens with zero attached hydrogens (tertiary/aromatic N) is 5. The van der Waals surface area contributed by atoms with Gasteiger partial charge >= 0.3 is 0 Å². The quantitative estimate of drug-likeness (QED) is 0.301. The molecule has 0 spiro atoms. The highest BCUT2D eigenvalue weighted by Crippen LogP contribution is 2.25. The zero-order valence-corrected chi connectivity index (χ0v) is 24.3. The monoisotopic (exact) mass is 551 g/mol. The van der Waals surface area contributed by atoms with Gasteiger partial charge in [0, 0.05) is 44.3 Å². The number of amides is 1. The second-order valence-corrected chi connectivity index (χ2v) is 11.3. The van der Waals surface area contributed by atoms with E-state index < -0.39 is 0 Å². The predicted octanol–water partition coefficient (Wildman–Crippen LogP) is 5.22. The van der Waals surface area contributed by atoms with Gasteiger partial charge in [-0.1, -0.05) is 43.3 Å². The third-order valence-corrected chi connectivity index (χ3v) is 8.84. The fraction of sp³-hybridized carbons (Fsp3) is 0.412. The van der Waals surface area contributed by atoms with Gasteiger partial charge < -0.3 is 19.1 Å². The minimum absolute atomic E-state index is 0.125. The van der Waals surface area contributed by atoms with Crippen LogP contribution in [0.1, 0.15) is 36.7 Å². The minimum atomic E-state index is 0.125. The number of likely N-dealkylation sites (tertiary alicyclic amines) is 1. The molecule has 214 valence electrons. The Labute approximate surface area is 243 Å². The van der Waals surface area contributed by atoms with Crippen molar-refractivity contribution >= 4 is 22.6 Å². The standard InChI is InChI=1S/C34H41N5O2/c1-3-26-8-12-29(13-9-26)37-20-22-38(23-21-37)34(40)28-16-18-36(19-17-28)25-33-35-31-6-4-5-7-32(31)39(33)24-27-10-14-30(41-2)15-11-27/h4-15,28H,3,16-25H2,1-2H3. The lowest BCUT2D eigenvalue weighted by Gasteiger charge is -2.39. The van der Waals surface area contributed by atoms with Gasteiger partial charge in [-0.3, -0.25) is 9.69 Å². The van der Waals surface area contributed by atoms with Gasteiger partial charge in [0.15, 0.2) is 0 Å². The van der Waals surface area contributed by atoms with Gasteiger partial charge in [-0.05, 0) is 79.9 Å². The number of fused-ring (bicyclic) bond motifs is 1. The summed E-state index contributed by atoms with van der Waals surface area (Å²) in [6.45, 7) is 9.02. The number of aromatic nitrogens is 2. The van der Waals surface area contributed by atoms with E-state index in [0.717, 1.165) is 94.2 Å². The summed E-state index contributed by atoms with van der Waals surface area (Å²) in [5.74, 6) is 2.41. The van der Waals surface area contributed by atoms with Crippen LogP contribution in [0, 0.1) is 5.92 Å². The number of carbonyl (C=O) groups is 1. The maximum absolute atomic E-state index is 13.4. The van der Waals surface area contributed by atoms with E-state index in [9.17, 15) is 4.79 Å². The maximum atomic E-state index is 13.4. The van der Waals surface area contributed by atoms with Crippen LogP contribution in [-0.4, -0.2) is 71.6 Å². The molecule has 2 fully saturated rings. The number of benzene rings is 3. The van der Waals surface area contributed by atoms with Crippen molar-refractivity contribution in [2.45, 2.75) is 39.3 Å². The second-order valence-electron chi connectivity index (χ2n) is 11.3. The number of imidazole rings is 1. The van der Waals surface area contributed by atoms with Crippen molar-refractivity contribution in [1.29, 1.82) is 0 Å². The van der Waals surface area contributed by atoms with Gasteiger partial charge in [0.05, 0.1) is 24.7 Å². The van der Waals surface area contributed by atoms with E-state index in [1.807, 2.05) is 12.1 Å². The number of piperazine rings is 1. The molecule has 2 saturated heterocycles. The normalized spacial score (nSPS) is 16.8. The third kappa shape index (κ3) is 6.10. The van der Waals surface area contributed by atoms with Crippen LogP contribution in [0.5, 0.6) is 5.75 Å². The van der Waals surface area contributed by atoms with E-state index in [2.05, 4.69) is 86.9 Å². The highest BCUT2D eigenvalue weighted by molar-refractivity contribution is 5.79. The summed E-state index contributed by atoms with van der Waals surface area (Å²) >= 11 is 0. The highest BCUT2D eigenvalue weighted by Gasteiger charge is 2.31. The molecule has 3 aromatic carbocycles. The van der Waals surface area contributed by atoms with Crippen molar-refractivity contribution in [2.75, 3.05) is 51.3 Å². The Balaban J connectivity index is 1.05. The van der Waals surface area contributed by atoms with Crippen molar-refractivity contribution in [3.63, 3.8) is 0 Å². The Morgan fingerprint density at radius 3 is 2.20 bits per heavy atom. The minimum Gasteiger partial charge on any atom is -0.497 e. The molecule has 0 aliphatic carbocycles. The molecular weight excluding hydrogens is 510 g/mol. The van der Waals surface area contributed by atoms with Crippen molar-refractivity contribution in [3.05, 3.63) is 89.7 Å². The van der Waals surface area contributed by atoms with Crippen LogP contribution in [0.3, 0.4) is 0 Å². The van der Waals surface area contributed by atoms with Gasteiger partial charge in [0.25, 0.3) is 0 Å². The van der Waals surface area contributed by atoms with Crippen LogP contribution in [0.25, 0.3) is 11.0 Å². The molecule has 7 nitrogen and oxygen atoms in total. The van der Waals surface area contributed by atoms with Crippen LogP contribution < -0.4 is 9.64 Å². The molecule has 0 N–H and O–H groups in total. The molecule has 0 saturated carbocycles. The lowest BCUT2D eigenvalue weighted by Crippen LogP contribution is -2.51. The molecule has 0 radical (unpaired) electrons. The highest BCUT2D eigenvalue weighted by atomic mass is 16.5. The van der Waals surface area contributed by atoms with Crippen LogP contribution in [0.4, 0.5) is 5.69 Å². The van der Waals surface area contributed by atoms with E-state index in [0.29, 0.717) is 5.91 Å². The van der Waals surface area contributed by atoms with E-state index in [4.69, 9.17) is 9.72 Å². The average molecular weight is 552 g/mol. The SMILES string of the molecule is CCc1ccc(N2CCN(C(=O)C3CCN(Cc4nc5ccccc5n4Cc4ccc(OC)cc4)CC3)CC2)cc1. The number of para-hydroxylation sites is 2. The topological polar surface area (TPSA) is 53.8 Å². The van der Waals surface area contributed by atoms with Crippen LogP contribution in [0.15, 0.2) is 72.8 Å². The summed E-state index contributed by atoms with van der Waals surface area (Å²) in [5.41, 5.74) is 6.03. The number of rotatable bonds is 8. The van der Waals surface area contributed by atoms with Gasteiger partial charge in [-0.15, -0.1) is 0 Å². The van der Waals surface area contributed by atoms with Crippen molar-refractivity contribution in [3.8, 4) is 5.75 Å². The molecule has 4 aromatic rings. The second kappa shape index (κ2) is 12.4. The molecule has 0 unspecified atom stereocenters. The van der Waals surface area contributed by atoms with Gasteiger partial charge in [0.2, 0.25) is 5.91 Å². The van der Waals surface area contributed by atoms with E-state index in [1.54, 1.807) is 7.11 Å². The number of aryl methyl sites for hydroxylation is 1. The lowest BCUT2D eigenvalue weighted by atomic mass is 9.95. The Kier molecular flexibility index (Phi) is 8.23. The molecular formula is C34H41N5O2. The van der Waals surface area contributed by atoms with Gasteiger partial charge in [-0.2, -0.15) is 0 Å². The summed E-state index contributed by atoms with van der Waals surface area (Å²) in [7, 11) is 1.70. The fourth-order valence-electron chi connectivity index (χ4n) is 6.26. The molecule has 7 heteroatoms. The Morgan fingerprint density at radius 2 is 1.51 bits per heavy atom. The van der Waals surface area contributed by atoms with Crippen LogP contribution >= 0.6 is 0 Å². The molecule has 2 aliphatic heterocycles. The average Bonchev–Trinajstić information content (AvgIpc) is 3.38. The number of methoxy groups -OCH3 is 1. The Bertz CT molecular complexity index is 1450. The first-order chi connectivity index (χ1) is 20.1. The number of ether oxygens (including phenoxy) is 1. The molecule has 1 amide bonds. The smallest absolute Gasteiger partial charge is 0.225 e. The summed E-state index contributed by atoms with van der Waals surface area (Å²) in [6.07, 6.45) is 2.89. The molecule has 3 heterocycles. The number of hydrogen-bond acceptors (Lipinski definition) is 5. The van der Waals surface area contributed by atoms with Crippen LogP contribution in [0.2, 0.25) is 0 Å². The van der Waals surface area contributed by atoms with Gasteiger partial charge in [0.1, 0.15) is 11.6 Å². The van der Waals surface area contributed by atoms with Crippen molar-refractivity contribution in [2.24, 2.45) is 5.92 Å². The number of anilines is 1. The van der Waals surface area contributed by atoms with Crippen LogP contribution in [-0.2, 0) is 24.3 Å². The molecule has 1 aromatic heterocycles. The molecule has 6 rings (SSSR count). The van der Waals surface area contributed by atoms with E-state index >= 15 is 0 Å². The van der Waals surface area contributed by atoms with Crippen molar-refractivity contribution in [1.82, 2.24) is 19.4 Å². The number of carbonyl (C=O) groups excluding carboxylic acids is 1. The first kappa shape index (κ1) is 27.3. The summed E-state index contributed by atoms with van der Waals surface area (Å²) in [6, 6.07) is 25.5. The lowest BCUT2D eigenvalue weighted by molar-refractivity contribution is -0.137. The Morgan fingerprint density at radius 1 is 0.829 bits per heavy atom.